The third-order valence-electron chi connectivity index (χ3n) is 6.60. The highest BCUT2D eigenvalue weighted by molar-refractivity contribution is 7.00. The van der Waals surface area contributed by atoms with E-state index in [-0.39, 0.29) is 11.8 Å². The molecule has 0 saturated heterocycles. The van der Waals surface area contributed by atoms with Gasteiger partial charge in [0, 0.05) is 30.1 Å². The van der Waals surface area contributed by atoms with Crippen LogP contribution in [0.2, 0.25) is 0 Å². The van der Waals surface area contributed by atoms with E-state index in [9.17, 15) is 19.5 Å². The summed E-state index contributed by atoms with van der Waals surface area (Å²) in [5, 5.41) is 10.4. The minimum atomic E-state index is -1.45. The van der Waals surface area contributed by atoms with Gasteiger partial charge in [0.05, 0.1) is 29.4 Å². The van der Waals surface area contributed by atoms with Crippen molar-refractivity contribution in [2.75, 3.05) is 11.4 Å². The molecule has 1 N–H and O–H groups in total. The third kappa shape index (κ3) is 5.23. The van der Waals surface area contributed by atoms with Gasteiger partial charge in [0.15, 0.2) is 0 Å². The number of aromatic nitrogens is 3. The number of carbonyl (C=O) groups is 3. The minimum Gasteiger partial charge on any atom is -0.449 e. The molecule has 5 aromatic rings. The second-order valence-electron chi connectivity index (χ2n) is 9.19. The molecule has 0 aliphatic rings. The molecule has 5 rings (SSSR count). The Hall–Kier alpha value is -4.57. The van der Waals surface area contributed by atoms with Crippen LogP contribution in [0.5, 0.6) is 5.88 Å². The minimum absolute atomic E-state index is 0.0775. The molecule has 0 unspecified atom stereocenters. The smallest absolute Gasteiger partial charge is 0.449 e. The zero-order valence-corrected chi connectivity index (χ0v) is 22.3. The van der Waals surface area contributed by atoms with Crippen LogP contribution >= 0.6 is 11.7 Å². The van der Waals surface area contributed by atoms with Crippen LogP contribution < -0.4 is 9.64 Å². The van der Waals surface area contributed by atoms with Crippen molar-refractivity contribution in [3.8, 4) is 17.0 Å². The Morgan fingerprint density at radius 3 is 2.51 bits per heavy atom. The summed E-state index contributed by atoms with van der Waals surface area (Å²) >= 11 is 1.13. The van der Waals surface area contributed by atoms with Crippen molar-refractivity contribution in [2.24, 2.45) is 0 Å². The van der Waals surface area contributed by atoms with Crippen LogP contribution in [0.25, 0.3) is 33.1 Å². The quantitative estimate of drug-likeness (QED) is 0.170. The maximum atomic E-state index is 12.5. The molecular formula is C29H26N4O5S. The van der Waals surface area contributed by atoms with E-state index < -0.39 is 6.16 Å². The van der Waals surface area contributed by atoms with E-state index in [0.717, 1.165) is 58.4 Å². The van der Waals surface area contributed by atoms with Gasteiger partial charge in [-0.15, -0.1) is 0 Å². The Kier molecular flexibility index (Phi) is 7.38. The number of carboxylic acid groups (broad SMARTS) is 1. The van der Waals surface area contributed by atoms with Gasteiger partial charge in [-0.05, 0) is 47.9 Å². The van der Waals surface area contributed by atoms with Gasteiger partial charge in [0.2, 0.25) is 11.8 Å². The fourth-order valence-electron chi connectivity index (χ4n) is 4.73. The maximum Gasteiger partial charge on any atom is 0.512 e. The molecule has 198 valence electrons. The molecule has 2 aromatic heterocycles. The molecule has 0 atom stereocenters. The van der Waals surface area contributed by atoms with Gasteiger partial charge < -0.3 is 19.3 Å². The molecule has 0 saturated carbocycles. The van der Waals surface area contributed by atoms with E-state index in [0.29, 0.717) is 35.5 Å². The van der Waals surface area contributed by atoms with Gasteiger partial charge in [-0.3, -0.25) is 9.59 Å². The van der Waals surface area contributed by atoms with E-state index in [1.54, 1.807) is 33.7 Å². The van der Waals surface area contributed by atoms with Crippen LogP contribution in [0.1, 0.15) is 42.6 Å². The van der Waals surface area contributed by atoms with Gasteiger partial charge >= 0.3 is 6.16 Å². The summed E-state index contributed by atoms with van der Waals surface area (Å²) in [5.74, 6) is 0.0687. The van der Waals surface area contributed by atoms with Crippen LogP contribution in [-0.4, -0.2) is 43.3 Å². The number of amides is 1. The number of anilines is 1. The van der Waals surface area contributed by atoms with E-state index in [1.807, 2.05) is 36.4 Å². The van der Waals surface area contributed by atoms with Gasteiger partial charge in [0.25, 0.3) is 0 Å². The Morgan fingerprint density at radius 2 is 1.82 bits per heavy atom. The van der Waals surface area contributed by atoms with Gasteiger partial charge in [-0.25, -0.2) is 4.79 Å². The highest BCUT2D eigenvalue weighted by Crippen LogP contribution is 2.42. The molecule has 3 aromatic carbocycles. The van der Waals surface area contributed by atoms with Gasteiger partial charge in [-0.2, -0.15) is 8.75 Å². The average Bonchev–Trinajstić information content (AvgIpc) is 3.50. The number of benzene rings is 3. The summed E-state index contributed by atoms with van der Waals surface area (Å²) in [6.07, 6.45) is 1.09. The molecule has 0 bridgehead atoms. The highest BCUT2D eigenvalue weighted by atomic mass is 32.1. The number of fused-ring (bicyclic) bond motifs is 2. The summed E-state index contributed by atoms with van der Waals surface area (Å²) in [5.41, 5.74) is 5.62. The molecule has 39 heavy (non-hydrogen) atoms. The van der Waals surface area contributed by atoms with Crippen molar-refractivity contribution in [2.45, 2.75) is 33.2 Å². The molecule has 0 radical (unpaired) electrons. The summed E-state index contributed by atoms with van der Waals surface area (Å²) in [7, 11) is 0. The van der Waals surface area contributed by atoms with E-state index in [2.05, 4.69) is 15.7 Å². The molecule has 1 amide bonds. The van der Waals surface area contributed by atoms with Crippen molar-refractivity contribution in [3.63, 3.8) is 0 Å². The normalized spacial score (nSPS) is 11.1. The lowest BCUT2D eigenvalue weighted by Crippen LogP contribution is -2.29. The number of ether oxygens (including phenoxy) is 1. The molecule has 0 spiro atoms. The van der Waals surface area contributed by atoms with Gasteiger partial charge in [0.1, 0.15) is 17.3 Å². The Morgan fingerprint density at radius 1 is 1.05 bits per heavy atom. The average molecular weight is 543 g/mol. The number of hydrogen-bond donors (Lipinski definition) is 1. The SMILES string of the molecule is CCCCN(C(C)=O)c1ccc2c(c1)c(-c1ccc(C=O)cc1)c(OC(=O)O)n2Cc1ccc2nsnc2c1. The largest absolute Gasteiger partial charge is 0.512 e. The Bertz CT molecular complexity index is 1690. The lowest BCUT2D eigenvalue weighted by atomic mass is 10.0. The van der Waals surface area contributed by atoms with Crippen LogP contribution in [0, 0.1) is 0 Å². The third-order valence-corrected chi connectivity index (χ3v) is 7.16. The number of carbonyl (C=O) groups excluding carboxylic acids is 2. The second kappa shape index (κ2) is 11.0. The monoisotopic (exact) mass is 542 g/mol. The number of rotatable bonds is 9. The number of aldehydes is 1. The first-order chi connectivity index (χ1) is 18.9. The summed E-state index contributed by atoms with van der Waals surface area (Å²) in [4.78, 5) is 37.4. The van der Waals surface area contributed by atoms with Crippen molar-refractivity contribution >= 4 is 57.7 Å². The van der Waals surface area contributed by atoms with Crippen LogP contribution in [0.4, 0.5) is 10.5 Å². The summed E-state index contributed by atoms with van der Waals surface area (Å²) < 4.78 is 15.8. The fourth-order valence-corrected chi connectivity index (χ4v) is 5.25. The predicted molar refractivity (Wildman–Crippen MR) is 151 cm³/mol. The molecule has 10 heteroatoms. The number of nitrogens with zero attached hydrogens (tertiary/aromatic N) is 4. The summed E-state index contributed by atoms with van der Waals surface area (Å²) in [6, 6.07) is 18.2. The van der Waals surface area contributed by atoms with Crippen LogP contribution in [0.15, 0.2) is 60.7 Å². The lowest BCUT2D eigenvalue weighted by Gasteiger charge is -2.21. The van der Waals surface area contributed by atoms with E-state index in [1.165, 1.54) is 6.92 Å². The molecular weight excluding hydrogens is 516 g/mol. The highest BCUT2D eigenvalue weighted by Gasteiger charge is 2.24. The van der Waals surface area contributed by atoms with E-state index >= 15 is 0 Å². The zero-order chi connectivity index (χ0) is 27.5. The van der Waals surface area contributed by atoms with Crippen molar-refractivity contribution in [1.29, 1.82) is 0 Å². The number of unbranched alkanes of at least 4 members (excludes halogenated alkanes) is 1. The first kappa shape index (κ1) is 26.1. The van der Waals surface area contributed by atoms with Crippen molar-refractivity contribution < 1.29 is 24.2 Å². The molecule has 9 nitrogen and oxygen atoms in total. The second-order valence-corrected chi connectivity index (χ2v) is 9.72. The van der Waals surface area contributed by atoms with E-state index in [4.69, 9.17) is 4.74 Å². The predicted octanol–water partition coefficient (Wildman–Crippen LogP) is 6.38. The fraction of sp³-hybridized carbons (Fsp3) is 0.207. The molecule has 2 heterocycles. The topological polar surface area (TPSA) is 115 Å². The Balaban J connectivity index is 1.75. The van der Waals surface area contributed by atoms with Crippen molar-refractivity contribution in [3.05, 3.63) is 71.8 Å². The van der Waals surface area contributed by atoms with Crippen LogP contribution in [-0.2, 0) is 11.3 Å². The molecule has 0 aliphatic heterocycles. The molecule has 0 aliphatic carbocycles. The molecule has 0 fully saturated rings. The first-order valence-corrected chi connectivity index (χ1v) is 13.2. The summed E-state index contributed by atoms with van der Waals surface area (Å²) in [6.45, 7) is 4.48. The maximum absolute atomic E-state index is 12.5. The standard InChI is InChI=1S/C29H26N4O5S/c1-3-4-13-32(18(2)35)22-10-12-26-23(15-22)27(21-8-5-19(17-34)6-9-21)28(38-29(36)37)33(26)16-20-7-11-24-25(14-20)31-39-30-24/h5-12,14-15,17H,3-4,13,16H2,1-2H3,(H,36,37). The first-order valence-electron chi connectivity index (χ1n) is 12.5. The van der Waals surface area contributed by atoms with Crippen molar-refractivity contribution in [1.82, 2.24) is 13.3 Å². The zero-order valence-electron chi connectivity index (χ0n) is 21.5. The Labute approximate surface area is 228 Å². The van der Waals surface area contributed by atoms with Gasteiger partial charge in [-0.1, -0.05) is 43.7 Å². The lowest BCUT2D eigenvalue weighted by molar-refractivity contribution is -0.116. The number of hydrogen-bond acceptors (Lipinski definition) is 7. The van der Waals surface area contributed by atoms with Crippen LogP contribution in [0.3, 0.4) is 0 Å².